The largest absolute Gasteiger partial charge is 0.493 e. The van der Waals surface area contributed by atoms with Gasteiger partial charge in [0.25, 0.3) is 0 Å². The number of hydrogen-bond donors (Lipinski definition) is 2. The molecule has 1 heterocycles. The lowest BCUT2D eigenvalue weighted by atomic mass is 10.0. The maximum absolute atomic E-state index is 5.75. The lowest BCUT2D eigenvalue weighted by Gasteiger charge is -2.18. The summed E-state index contributed by atoms with van der Waals surface area (Å²) in [6.45, 7) is 2.66. The maximum atomic E-state index is 5.75. The van der Waals surface area contributed by atoms with Crippen molar-refractivity contribution in [2.45, 2.75) is 25.3 Å². The minimum Gasteiger partial charge on any atom is -0.493 e. The molecule has 0 bridgehead atoms. The third kappa shape index (κ3) is 4.93. The highest BCUT2D eigenvalue weighted by Crippen LogP contribution is 2.33. The maximum Gasteiger partial charge on any atom is 0.125 e. The number of halogens is 1. The van der Waals surface area contributed by atoms with E-state index < -0.39 is 0 Å². The van der Waals surface area contributed by atoms with Crippen LogP contribution in [0.15, 0.2) is 16.6 Å². The normalized spacial score (nSPS) is 14.8. The number of rotatable bonds is 9. The zero-order valence-corrected chi connectivity index (χ0v) is 13.9. The number of methoxy groups -OCH3 is 1. The predicted octanol–water partition coefficient (Wildman–Crippen LogP) is 1.81. The average molecular weight is 359 g/mol. The first-order chi connectivity index (χ1) is 10.2. The zero-order chi connectivity index (χ0) is 15.1. The molecular weight excluding hydrogens is 336 g/mol. The molecule has 0 saturated carbocycles. The molecule has 1 aliphatic heterocycles. The van der Waals surface area contributed by atoms with Crippen LogP contribution < -0.4 is 16.0 Å². The molecule has 0 saturated heterocycles. The molecule has 2 rings (SSSR count). The van der Waals surface area contributed by atoms with E-state index >= 15 is 0 Å². The summed E-state index contributed by atoms with van der Waals surface area (Å²) in [7, 11) is 1.67. The lowest BCUT2D eigenvalue weighted by Crippen LogP contribution is -2.37. The van der Waals surface area contributed by atoms with Gasteiger partial charge in [0.15, 0.2) is 0 Å². The van der Waals surface area contributed by atoms with Crippen LogP contribution in [0.1, 0.15) is 17.5 Å². The van der Waals surface area contributed by atoms with Crippen LogP contribution in [0, 0.1) is 0 Å². The van der Waals surface area contributed by atoms with E-state index in [1.165, 1.54) is 11.1 Å². The summed E-state index contributed by atoms with van der Waals surface area (Å²) in [5.41, 5.74) is 5.33. The van der Waals surface area contributed by atoms with Crippen LogP contribution >= 0.6 is 15.9 Å². The first-order valence-electron chi connectivity index (χ1n) is 7.21. The molecule has 0 radical (unpaired) electrons. The van der Waals surface area contributed by atoms with Crippen molar-refractivity contribution < 1.29 is 14.2 Å². The standard InChI is InChI=1S/C15H23BrN2O3/c1-19-6-7-20-4-3-14(18-17)10-12-9-13(16)8-11-2-5-21-15(11)12/h8-9,14,18H,2-7,10,17H2,1H3. The van der Waals surface area contributed by atoms with Crippen LogP contribution in [0.2, 0.25) is 0 Å². The number of hydrogen-bond acceptors (Lipinski definition) is 5. The number of fused-ring (bicyclic) bond motifs is 1. The minimum atomic E-state index is 0.162. The predicted molar refractivity (Wildman–Crippen MR) is 85.5 cm³/mol. The van der Waals surface area contributed by atoms with Gasteiger partial charge in [-0.25, -0.2) is 0 Å². The van der Waals surface area contributed by atoms with E-state index in [2.05, 4.69) is 33.5 Å². The molecule has 1 aromatic carbocycles. The molecule has 0 fully saturated rings. The van der Waals surface area contributed by atoms with E-state index in [4.69, 9.17) is 20.1 Å². The Kier molecular flexibility index (Phi) is 6.92. The van der Waals surface area contributed by atoms with Gasteiger partial charge in [0.05, 0.1) is 19.8 Å². The lowest BCUT2D eigenvalue weighted by molar-refractivity contribution is 0.0658. The van der Waals surface area contributed by atoms with Gasteiger partial charge < -0.3 is 14.2 Å². The molecule has 0 amide bonds. The van der Waals surface area contributed by atoms with Gasteiger partial charge in [-0.05, 0) is 36.1 Å². The van der Waals surface area contributed by atoms with Gasteiger partial charge >= 0.3 is 0 Å². The Bertz CT molecular complexity index is 457. The second kappa shape index (κ2) is 8.70. The van der Waals surface area contributed by atoms with Crippen molar-refractivity contribution in [1.29, 1.82) is 0 Å². The second-order valence-electron chi connectivity index (χ2n) is 5.11. The molecule has 1 atom stereocenters. The molecule has 0 spiro atoms. The fourth-order valence-corrected chi connectivity index (χ4v) is 3.03. The molecule has 21 heavy (non-hydrogen) atoms. The third-order valence-corrected chi connectivity index (χ3v) is 4.03. The Labute approximate surface area is 134 Å². The number of benzene rings is 1. The van der Waals surface area contributed by atoms with Gasteiger partial charge in [0, 0.05) is 30.7 Å². The van der Waals surface area contributed by atoms with E-state index in [9.17, 15) is 0 Å². The van der Waals surface area contributed by atoms with Gasteiger partial charge in [0.2, 0.25) is 0 Å². The second-order valence-corrected chi connectivity index (χ2v) is 6.03. The van der Waals surface area contributed by atoms with E-state index in [0.29, 0.717) is 19.8 Å². The summed E-state index contributed by atoms with van der Waals surface area (Å²) >= 11 is 3.56. The molecule has 1 unspecified atom stereocenters. The fourth-order valence-electron chi connectivity index (χ4n) is 2.48. The molecular formula is C15H23BrN2O3. The van der Waals surface area contributed by atoms with Crippen molar-refractivity contribution in [3.05, 3.63) is 27.7 Å². The molecule has 0 aromatic heterocycles. The van der Waals surface area contributed by atoms with Crippen LogP contribution in [0.3, 0.4) is 0 Å². The monoisotopic (exact) mass is 358 g/mol. The average Bonchev–Trinajstić information content (AvgIpc) is 2.93. The molecule has 1 aliphatic rings. The van der Waals surface area contributed by atoms with Crippen molar-refractivity contribution in [2.75, 3.05) is 33.5 Å². The molecule has 6 heteroatoms. The van der Waals surface area contributed by atoms with Gasteiger partial charge in [-0.2, -0.15) is 0 Å². The molecule has 5 nitrogen and oxygen atoms in total. The summed E-state index contributed by atoms with van der Waals surface area (Å²) < 4.78 is 17.3. The Morgan fingerprint density at radius 2 is 2.24 bits per heavy atom. The smallest absolute Gasteiger partial charge is 0.125 e. The summed E-state index contributed by atoms with van der Waals surface area (Å²) in [5.74, 6) is 6.69. The zero-order valence-electron chi connectivity index (χ0n) is 12.4. The minimum absolute atomic E-state index is 0.162. The fraction of sp³-hybridized carbons (Fsp3) is 0.600. The van der Waals surface area contributed by atoms with E-state index in [1.54, 1.807) is 7.11 Å². The highest BCUT2D eigenvalue weighted by molar-refractivity contribution is 9.10. The van der Waals surface area contributed by atoms with Crippen molar-refractivity contribution in [2.24, 2.45) is 5.84 Å². The number of ether oxygens (including phenoxy) is 3. The van der Waals surface area contributed by atoms with Crippen molar-refractivity contribution in [3.8, 4) is 5.75 Å². The van der Waals surface area contributed by atoms with Crippen molar-refractivity contribution in [3.63, 3.8) is 0 Å². The quantitative estimate of drug-likeness (QED) is 0.400. The van der Waals surface area contributed by atoms with Gasteiger partial charge in [-0.3, -0.25) is 11.3 Å². The molecule has 0 aliphatic carbocycles. The number of nitrogens with one attached hydrogen (secondary N) is 1. The number of nitrogens with two attached hydrogens (primary N) is 1. The van der Waals surface area contributed by atoms with Crippen LogP contribution in [-0.2, 0) is 22.3 Å². The molecule has 1 aromatic rings. The summed E-state index contributed by atoms with van der Waals surface area (Å²) in [5, 5.41) is 0. The first kappa shape index (κ1) is 16.7. The van der Waals surface area contributed by atoms with Crippen molar-refractivity contribution >= 4 is 15.9 Å². The first-order valence-corrected chi connectivity index (χ1v) is 8.00. The Morgan fingerprint density at radius 1 is 1.38 bits per heavy atom. The number of hydrazine groups is 1. The van der Waals surface area contributed by atoms with Gasteiger partial charge in [0.1, 0.15) is 5.75 Å². The van der Waals surface area contributed by atoms with Crippen LogP contribution in [0.5, 0.6) is 5.75 Å². The van der Waals surface area contributed by atoms with E-state index in [-0.39, 0.29) is 6.04 Å². The summed E-state index contributed by atoms with van der Waals surface area (Å²) in [6.07, 6.45) is 2.65. The summed E-state index contributed by atoms with van der Waals surface area (Å²) in [4.78, 5) is 0. The SMILES string of the molecule is COCCOCCC(Cc1cc(Br)cc2c1OCC2)NN. The topological polar surface area (TPSA) is 65.7 Å². The third-order valence-electron chi connectivity index (χ3n) is 3.57. The highest BCUT2D eigenvalue weighted by Gasteiger charge is 2.19. The van der Waals surface area contributed by atoms with Crippen molar-refractivity contribution in [1.82, 2.24) is 5.43 Å². The Morgan fingerprint density at radius 3 is 3.00 bits per heavy atom. The summed E-state index contributed by atoms with van der Waals surface area (Å²) in [6, 6.07) is 4.40. The Hall–Kier alpha value is -0.660. The molecule has 3 N–H and O–H groups in total. The van der Waals surface area contributed by atoms with E-state index in [1.807, 2.05) is 0 Å². The molecule has 118 valence electrons. The Balaban J connectivity index is 1.90. The van der Waals surface area contributed by atoms with Crippen LogP contribution in [0.25, 0.3) is 0 Å². The van der Waals surface area contributed by atoms with Crippen LogP contribution in [0.4, 0.5) is 0 Å². The van der Waals surface area contributed by atoms with Gasteiger partial charge in [-0.1, -0.05) is 15.9 Å². The van der Waals surface area contributed by atoms with E-state index in [0.717, 1.165) is 36.1 Å². The van der Waals surface area contributed by atoms with Gasteiger partial charge in [-0.15, -0.1) is 0 Å². The van der Waals surface area contributed by atoms with Crippen LogP contribution in [-0.4, -0.2) is 39.6 Å². The highest BCUT2D eigenvalue weighted by atomic mass is 79.9.